The van der Waals surface area contributed by atoms with Gasteiger partial charge in [-0.25, -0.2) is 0 Å². The number of anilines is 1. The van der Waals surface area contributed by atoms with E-state index in [0.717, 1.165) is 18.8 Å². The maximum Gasteiger partial charge on any atom is 0.119 e. The van der Waals surface area contributed by atoms with Gasteiger partial charge in [0.2, 0.25) is 0 Å². The minimum absolute atomic E-state index is 0.863. The Bertz CT molecular complexity index is 596. The zero-order valence-electron chi connectivity index (χ0n) is 13.3. The summed E-state index contributed by atoms with van der Waals surface area (Å²) < 4.78 is 5.28. The zero-order chi connectivity index (χ0) is 15.2. The zero-order valence-corrected chi connectivity index (χ0v) is 13.3. The fraction of sp³-hybridized carbons (Fsp3) is 0.333. The second kappa shape index (κ2) is 7.14. The highest BCUT2D eigenvalue weighted by atomic mass is 16.5. The second-order valence-corrected chi connectivity index (χ2v) is 5.35. The minimum Gasteiger partial charge on any atom is -0.497 e. The summed E-state index contributed by atoms with van der Waals surface area (Å²) in [5.41, 5.74) is 5.14. The highest BCUT2D eigenvalue weighted by Crippen LogP contribution is 2.21. The molecule has 0 aliphatic carbocycles. The molecule has 0 saturated heterocycles. The summed E-state index contributed by atoms with van der Waals surface area (Å²) in [6, 6.07) is 14.8. The van der Waals surface area contributed by atoms with Crippen LogP contribution in [0.5, 0.6) is 5.75 Å². The van der Waals surface area contributed by atoms with Crippen LogP contribution < -0.4 is 15.0 Å². The van der Waals surface area contributed by atoms with Crippen LogP contribution in [0.3, 0.4) is 0 Å². The average molecular weight is 284 g/mol. The predicted octanol–water partition coefficient (Wildman–Crippen LogP) is 3.36. The van der Waals surface area contributed by atoms with Crippen molar-refractivity contribution in [1.82, 2.24) is 5.32 Å². The van der Waals surface area contributed by atoms with Crippen LogP contribution >= 0.6 is 0 Å². The number of methoxy groups -OCH3 is 1. The van der Waals surface area contributed by atoms with Gasteiger partial charge in [-0.3, -0.25) is 0 Å². The monoisotopic (exact) mass is 284 g/mol. The van der Waals surface area contributed by atoms with Crippen molar-refractivity contribution in [1.29, 1.82) is 0 Å². The van der Waals surface area contributed by atoms with Gasteiger partial charge in [-0.1, -0.05) is 18.2 Å². The van der Waals surface area contributed by atoms with Gasteiger partial charge < -0.3 is 15.0 Å². The number of nitrogens with one attached hydrogen (secondary N) is 1. The summed E-state index contributed by atoms with van der Waals surface area (Å²) in [5.74, 6) is 0.904. The van der Waals surface area contributed by atoms with Crippen molar-refractivity contribution in [2.45, 2.75) is 20.0 Å². The van der Waals surface area contributed by atoms with Gasteiger partial charge >= 0.3 is 0 Å². The lowest BCUT2D eigenvalue weighted by atomic mass is 10.1. The van der Waals surface area contributed by atoms with E-state index < -0.39 is 0 Å². The van der Waals surface area contributed by atoms with Gasteiger partial charge in [0.1, 0.15) is 5.75 Å². The lowest BCUT2D eigenvalue weighted by molar-refractivity contribution is 0.414. The van der Waals surface area contributed by atoms with Gasteiger partial charge in [0.15, 0.2) is 0 Å². The molecule has 0 aromatic heterocycles. The number of ether oxygens (including phenoxy) is 1. The summed E-state index contributed by atoms with van der Waals surface area (Å²) in [6.45, 7) is 3.93. The van der Waals surface area contributed by atoms with Gasteiger partial charge in [0.25, 0.3) is 0 Å². The molecule has 0 aliphatic heterocycles. The largest absolute Gasteiger partial charge is 0.497 e. The maximum atomic E-state index is 5.28. The number of rotatable bonds is 6. The Hall–Kier alpha value is -2.00. The molecule has 0 saturated carbocycles. The first kappa shape index (κ1) is 15.4. The molecule has 0 amide bonds. The first-order chi connectivity index (χ1) is 10.1. The molecule has 112 valence electrons. The lowest BCUT2D eigenvalue weighted by Gasteiger charge is -2.21. The minimum atomic E-state index is 0.863. The summed E-state index contributed by atoms with van der Waals surface area (Å²) in [7, 11) is 5.79. The SMILES string of the molecule is CNCc1ccc(N(C)Cc2cccc(OC)c2)cc1C. The van der Waals surface area contributed by atoms with Gasteiger partial charge in [-0.2, -0.15) is 0 Å². The van der Waals surface area contributed by atoms with Crippen molar-refractivity contribution >= 4 is 5.69 Å². The van der Waals surface area contributed by atoms with Crippen LogP contribution in [0.2, 0.25) is 0 Å². The highest BCUT2D eigenvalue weighted by molar-refractivity contribution is 5.51. The van der Waals surface area contributed by atoms with E-state index in [2.05, 4.69) is 54.5 Å². The maximum absolute atomic E-state index is 5.28. The molecule has 2 rings (SSSR count). The molecule has 0 heterocycles. The van der Waals surface area contributed by atoms with Crippen molar-refractivity contribution < 1.29 is 4.74 Å². The number of aryl methyl sites for hydroxylation is 1. The first-order valence-electron chi connectivity index (χ1n) is 7.22. The third-order valence-corrected chi connectivity index (χ3v) is 3.69. The Labute approximate surface area is 127 Å². The van der Waals surface area contributed by atoms with E-state index in [1.54, 1.807) is 7.11 Å². The number of hydrogen-bond donors (Lipinski definition) is 1. The van der Waals surface area contributed by atoms with Crippen molar-refractivity contribution in [3.8, 4) is 5.75 Å². The topological polar surface area (TPSA) is 24.5 Å². The van der Waals surface area contributed by atoms with Crippen LogP contribution in [0.25, 0.3) is 0 Å². The average Bonchev–Trinajstić information content (AvgIpc) is 2.49. The van der Waals surface area contributed by atoms with Crippen LogP contribution in [0.1, 0.15) is 16.7 Å². The van der Waals surface area contributed by atoms with E-state index in [-0.39, 0.29) is 0 Å². The molecule has 0 atom stereocenters. The lowest BCUT2D eigenvalue weighted by Crippen LogP contribution is -2.17. The quantitative estimate of drug-likeness (QED) is 0.880. The fourth-order valence-electron chi connectivity index (χ4n) is 2.44. The Morgan fingerprint density at radius 1 is 1.14 bits per heavy atom. The van der Waals surface area contributed by atoms with Crippen LogP contribution in [-0.2, 0) is 13.1 Å². The van der Waals surface area contributed by atoms with Gasteiger partial charge in [0, 0.05) is 25.8 Å². The van der Waals surface area contributed by atoms with Crippen LogP contribution in [0.15, 0.2) is 42.5 Å². The standard InChI is InChI=1S/C18H24N2O/c1-14-10-17(9-8-16(14)12-19-2)20(3)13-15-6-5-7-18(11-15)21-4/h5-11,19H,12-13H2,1-4H3. The van der Waals surface area contributed by atoms with Crippen molar-refractivity contribution in [2.24, 2.45) is 0 Å². The van der Waals surface area contributed by atoms with Crippen molar-refractivity contribution in [3.05, 3.63) is 59.2 Å². The third kappa shape index (κ3) is 3.99. The molecular weight excluding hydrogens is 260 g/mol. The van der Waals surface area contributed by atoms with E-state index in [4.69, 9.17) is 4.74 Å². The van der Waals surface area contributed by atoms with Gasteiger partial charge in [-0.15, -0.1) is 0 Å². The Kier molecular flexibility index (Phi) is 5.23. The molecule has 21 heavy (non-hydrogen) atoms. The molecule has 0 bridgehead atoms. The molecule has 0 aliphatic rings. The molecule has 2 aromatic carbocycles. The predicted molar refractivity (Wildman–Crippen MR) is 89.0 cm³/mol. The van der Waals surface area contributed by atoms with E-state index >= 15 is 0 Å². The second-order valence-electron chi connectivity index (χ2n) is 5.35. The molecule has 3 heteroatoms. The summed E-state index contributed by atoms with van der Waals surface area (Å²) >= 11 is 0. The van der Waals surface area contributed by atoms with E-state index in [1.807, 2.05) is 19.2 Å². The van der Waals surface area contributed by atoms with Crippen molar-refractivity contribution in [2.75, 3.05) is 26.1 Å². The normalized spacial score (nSPS) is 10.5. The van der Waals surface area contributed by atoms with Gasteiger partial charge in [-0.05, 0) is 54.9 Å². The van der Waals surface area contributed by atoms with E-state index in [9.17, 15) is 0 Å². The first-order valence-corrected chi connectivity index (χ1v) is 7.22. The molecule has 3 nitrogen and oxygen atoms in total. The van der Waals surface area contributed by atoms with E-state index in [0.29, 0.717) is 0 Å². The Balaban J connectivity index is 2.12. The third-order valence-electron chi connectivity index (χ3n) is 3.69. The molecule has 0 spiro atoms. The molecule has 0 fully saturated rings. The Morgan fingerprint density at radius 3 is 2.62 bits per heavy atom. The summed E-state index contributed by atoms with van der Waals surface area (Å²) in [5, 5.41) is 3.20. The van der Waals surface area contributed by atoms with Crippen LogP contribution in [0, 0.1) is 6.92 Å². The molecule has 2 aromatic rings. The summed E-state index contributed by atoms with van der Waals surface area (Å²) in [6.07, 6.45) is 0. The van der Waals surface area contributed by atoms with Crippen molar-refractivity contribution in [3.63, 3.8) is 0 Å². The van der Waals surface area contributed by atoms with Crippen LogP contribution in [-0.4, -0.2) is 21.2 Å². The van der Waals surface area contributed by atoms with Gasteiger partial charge in [0.05, 0.1) is 7.11 Å². The molecule has 1 N–H and O–H groups in total. The fourth-order valence-corrected chi connectivity index (χ4v) is 2.44. The number of nitrogens with zero attached hydrogens (tertiary/aromatic N) is 1. The molecule has 0 unspecified atom stereocenters. The number of benzene rings is 2. The number of hydrogen-bond acceptors (Lipinski definition) is 3. The van der Waals surface area contributed by atoms with E-state index in [1.165, 1.54) is 22.4 Å². The van der Waals surface area contributed by atoms with Crippen LogP contribution in [0.4, 0.5) is 5.69 Å². The molecule has 0 radical (unpaired) electrons. The highest BCUT2D eigenvalue weighted by Gasteiger charge is 2.05. The smallest absolute Gasteiger partial charge is 0.119 e. The Morgan fingerprint density at radius 2 is 1.95 bits per heavy atom. The summed E-state index contributed by atoms with van der Waals surface area (Å²) in [4.78, 5) is 2.25. The molecular formula is C18H24N2O.